The monoisotopic (exact) mass is 383 g/mol. The Kier molecular flexibility index (Phi) is 5.11. The van der Waals surface area contributed by atoms with E-state index in [1.165, 1.54) is 0 Å². The molecule has 0 spiro atoms. The molecule has 1 N–H and O–H groups in total. The van der Waals surface area contributed by atoms with Crippen LogP contribution in [0.25, 0.3) is 17.1 Å². The zero-order valence-corrected chi connectivity index (χ0v) is 15.0. The summed E-state index contributed by atoms with van der Waals surface area (Å²) < 4.78 is 3.08. The summed E-state index contributed by atoms with van der Waals surface area (Å²) in [7, 11) is 0. The Morgan fingerprint density at radius 2 is 1.96 bits per heavy atom. The molecule has 1 heterocycles. The van der Waals surface area contributed by atoms with Gasteiger partial charge in [0.05, 0.1) is 17.6 Å². The molecule has 122 valence electrons. The van der Waals surface area contributed by atoms with E-state index >= 15 is 0 Å². The molecule has 1 amide bonds. The molecule has 4 nitrogen and oxygen atoms in total. The minimum Gasteiger partial charge on any atom is -0.345 e. The molecule has 24 heavy (non-hydrogen) atoms. The molecule has 0 aliphatic rings. The van der Waals surface area contributed by atoms with Crippen molar-refractivity contribution in [3.63, 3.8) is 0 Å². The molecule has 0 aliphatic heterocycles. The molecule has 1 aromatic heterocycles. The van der Waals surface area contributed by atoms with E-state index in [1.54, 1.807) is 12.2 Å². The third kappa shape index (κ3) is 3.57. The van der Waals surface area contributed by atoms with Gasteiger partial charge in [0.15, 0.2) is 0 Å². The summed E-state index contributed by atoms with van der Waals surface area (Å²) in [5.41, 5.74) is 3.01. The number of aromatic nitrogens is 2. The van der Waals surface area contributed by atoms with Gasteiger partial charge in [-0.15, -0.1) is 0 Å². The Balaban J connectivity index is 1.69. The van der Waals surface area contributed by atoms with Crippen molar-refractivity contribution in [1.29, 1.82) is 0 Å². The first kappa shape index (κ1) is 16.5. The van der Waals surface area contributed by atoms with Crippen LogP contribution in [-0.2, 0) is 17.9 Å². The number of nitrogens with one attached hydrogen (secondary N) is 1. The lowest BCUT2D eigenvalue weighted by molar-refractivity contribution is -0.116. The van der Waals surface area contributed by atoms with E-state index in [-0.39, 0.29) is 5.91 Å². The van der Waals surface area contributed by atoms with Crippen LogP contribution in [0.4, 0.5) is 0 Å². The number of nitrogens with zero attached hydrogens (tertiary/aromatic N) is 2. The highest BCUT2D eigenvalue weighted by Gasteiger charge is 2.09. The van der Waals surface area contributed by atoms with Gasteiger partial charge >= 0.3 is 0 Å². The lowest BCUT2D eigenvalue weighted by Gasteiger charge is -2.06. The van der Waals surface area contributed by atoms with Crippen LogP contribution < -0.4 is 5.32 Å². The van der Waals surface area contributed by atoms with Crippen molar-refractivity contribution in [2.75, 3.05) is 0 Å². The van der Waals surface area contributed by atoms with E-state index in [0.29, 0.717) is 6.54 Å². The number of rotatable bonds is 5. The summed E-state index contributed by atoms with van der Waals surface area (Å²) in [5, 5.41) is 2.90. The SMILES string of the molecule is CCn1c(CNC(=O)/C=C/c2ccccc2Br)nc2ccccc21. The van der Waals surface area contributed by atoms with Crippen LogP contribution in [0.15, 0.2) is 59.1 Å². The van der Waals surface area contributed by atoms with Crippen LogP contribution in [0.3, 0.4) is 0 Å². The van der Waals surface area contributed by atoms with Crippen LogP contribution in [0.5, 0.6) is 0 Å². The number of carbonyl (C=O) groups is 1. The summed E-state index contributed by atoms with van der Waals surface area (Å²) in [6.07, 6.45) is 3.33. The lowest BCUT2D eigenvalue weighted by Crippen LogP contribution is -2.22. The maximum Gasteiger partial charge on any atom is 0.244 e. The number of benzene rings is 2. The standard InChI is InChI=1S/C19H18BrN3O/c1-2-23-17-10-6-5-9-16(17)22-18(23)13-21-19(24)12-11-14-7-3-4-8-15(14)20/h3-12H,2,13H2,1H3,(H,21,24)/b12-11+. The first-order valence-corrected chi connectivity index (χ1v) is 8.63. The Hall–Kier alpha value is -2.40. The molecular formula is C19H18BrN3O. The average Bonchev–Trinajstić information content (AvgIpc) is 2.96. The van der Waals surface area contributed by atoms with Gasteiger partial charge in [0.1, 0.15) is 5.82 Å². The summed E-state index contributed by atoms with van der Waals surface area (Å²) in [4.78, 5) is 16.7. The van der Waals surface area contributed by atoms with Gasteiger partial charge in [-0.25, -0.2) is 4.98 Å². The quantitative estimate of drug-likeness (QED) is 0.672. The van der Waals surface area contributed by atoms with Crippen LogP contribution in [0.1, 0.15) is 18.3 Å². The highest BCUT2D eigenvalue weighted by molar-refractivity contribution is 9.10. The van der Waals surface area contributed by atoms with Crippen molar-refractivity contribution in [1.82, 2.24) is 14.9 Å². The van der Waals surface area contributed by atoms with Gasteiger partial charge in [-0.1, -0.05) is 46.3 Å². The Labute approximate surface area is 149 Å². The number of para-hydroxylation sites is 2. The molecule has 0 atom stereocenters. The molecule has 3 aromatic rings. The number of hydrogen-bond acceptors (Lipinski definition) is 2. The third-order valence-electron chi connectivity index (χ3n) is 3.79. The lowest BCUT2D eigenvalue weighted by atomic mass is 10.2. The van der Waals surface area contributed by atoms with Crippen LogP contribution in [-0.4, -0.2) is 15.5 Å². The second-order valence-corrected chi connectivity index (χ2v) is 6.19. The minimum absolute atomic E-state index is 0.138. The van der Waals surface area contributed by atoms with E-state index in [9.17, 15) is 4.79 Å². The van der Waals surface area contributed by atoms with Gasteiger partial charge < -0.3 is 9.88 Å². The van der Waals surface area contributed by atoms with Crippen molar-refractivity contribution in [3.05, 3.63) is 70.5 Å². The molecule has 0 unspecified atom stereocenters. The van der Waals surface area contributed by atoms with Crippen molar-refractivity contribution in [3.8, 4) is 0 Å². The highest BCUT2D eigenvalue weighted by atomic mass is 79.9. The van der Waals surface area contributed by atoms with Gasteiger partial charge in [0.25, 0.3) is 0 Å². The van der Waals surface area contributed by atoms with E-state index in [4.69, 9.17) is 0 Å². The summed E-state index contributed by atoms with van der Waals surface area (Å²) >= 11 is 3.46. The van der Waals surface area contributed by atoms with Crippen LogP contribution in [0.2, 0.25) is 0 Å². The molecule has 2 aromatic carbocycles. The van der Waals surface area contributed by atoms with E-state index < -0.39 is 0 Å². The van der Waals surface area contributed by atoms with Crippen molar-refractivity contribution >= 4 is 38.9 Å². The molecule has 0 radical (unpaired) electrons. The number of imidazole rings is 1. The summed E-state index contributed by atoms with van der Waals surface area (Å²) in [5.74, 6) is 0.724. The zero-order chi connectivity index (χ0) is 16.9. The smallest absolute Gasteiger partial charge is 0.244 e. The first-order chi connectivity index (χ1) is 11.7. The maximum absolute atomic E-state index is 12.1. The molecular weight excluding hydrogens is 366 g/mol. The number of hydrogen-bond donors (Lipinski definition) is 1. The van der Waals surface area contributed by atoms with Gasteiger partial charge in [-0.3, -0.25) is 4.79 Å². The van der Waals surface area contributed by atoms with Crippen molar-refractivity contribution < 1.29 is 4.79 Å². The Morgan fingerprint density at radius 1 is 1.21 bits per heavy atom. The van der Waals surface area contributed by atoms with Crippen molar-refractivity contribution in [2.24, 2.45) is 0 Å². The Bertz CT molecular complexity index is 899. The second kappa shape index (κ2) is 7.45. The van der Waals surface area contributed by atoms with E-state index in [1.807, 2.05) is 48.5 Å². The summed E-state index contributed by atoms with van der Waals surface area (Å²) in [6.45, 7) is 3.30. The number of carbonyl (C=O) groups excluding carboxylic acids is 1. The minimum atomic E-state index is -0.138. The normalized spacial score (nSPS) is 11.2. The molecule has 0 saturated carbocycles. The van der Waals surface area contributed by atoms with E-state index in [0.717, 1.165) is 33.4 Å². The Morgan fingerprint density at radius 3 is 2.75 bits per heavy atom. The molecule has 5 heteroatoms. The molecule has 0 aliphatic carbocycles. The van der Waals surface area contributed by atoms with E-state index in [2.05, 4.69) is 37.7 Å². The van der Waals surface area contributed by atoms with Gasteiger partial charge in [-0.2, -0.15) is 0 Å². The molecule has 0 fully saturated rings. The van der Waals surface area contributed by atoms with Crippen LogP contribution >= 0.6 is 15.9 Å². The highest BCUT2D eigenvalue weighted by Crippen LogP contribution is 2.17. The van der Waals surface area contributed by atoms with Gasteiger partial charge in [-0.05, 0) is 36.8 Å². The number of halogens is 1. The predicted molar refractivity (Wildman–Crippen MR) is 100 cm³/mol. The predicted octanol–water partition coefficient (Wildman–Crippen LogP) is 4.15. The summed E-state index contributed by atoms with van der Waals surface area (Å²) in [6, 6.07) is 15.8. The topological polar surface area (TPSA) is 46.9 Å². The second-order valence-electron chi connectivity index (χ2n) is 5.33. The number of aryl methyl sites for hydroxylation is 1. The fourth-order valence-corrected chi connectivity index (χ4v) is 3.03. The fraction of sp³-hybridized carbons (Fsp3) is 0.158. The number of amides is 1. The third-order valence-corrected chi connectivity index (χ3v) is 4.51. The van der Waals surface area contributed by atoms with Gasteiger partial charge in [0, 0.05) is 17.1 Å². The molecule has 3 rings (SSSR count). The largest absolute Gasteiger partial charge is 0.345 e. The number of fused-ring (bicyclic) bond motifs is 1. The fourth-order valence-electron chi connectivity index (χ4n) is 2.61. The maximum atomic E-state index is 12.1. The van der Waals surface area contributed by atoms with Gasteiger partial charge in [0.2, 0.25) is 5.91 Å². The van der Waals surface area contributed by atoms with Crippen LogP contribution in [0, 0.1) is 0 Å². The first-order valence-electron chi connectivity index (χ1n) is 7.83. The zero-order valence-electron chi connectivity index (χ0n) is 13.4. The molecule has 0 saturated heterocycles. The molecule has 0 bridgehead atoms. The van der Waals surface area contributed by atoms with Crippen molar-refractivity contribution in [2.45, 2.75) is 20.0 Å². The average molecular weight is 384 g/mol.